The molecule has 0 aliphatic heterocycles. The highest BCUT2D eigenvalue weighted by Crippen LogP contribution is 2.20. The van der Waals surface area contributed by atoms with Crippen LogP contribution >= 0.6 is 0 Å². The van der Waals surface area contributed by atoms with Gasteiger partial charge in [-0.2, -0.15) is 5.10 Å². The van der Waals surface area contributed by atoms with Crippen LogP contribution in [0.4, 0.5) is 5.69 Å². The standard InChI is InChI=1S/C24H28N4O/c1-15-7-9-21(10-8-15)14-28-20(6)22(18(4)27-28)11-12-23(29)26-24-16(2)13-17(3)25-19(24)5/h7-13H,14H2,1-6H3,(H,26,29)/b12-11+. The Morgan fingerprint density at radius 1 is 1.03 bits per heavy atom. The maximum absolute atomic E-state index is 12.5. The quantitative estimate of drug-likeness (QED) is 0.637. The molecule has 2 aromatic heterocycles. The van der Waals surface area contributed by atoms with E-state index in [1.165, 1.54) is 11.1 Å². The summed E-state index contributed by atoms with van der Waals surface area (Å²) in [6.45, 7) is 12.6. The van der Waals surface area contributed by atoms with Crippen LogP contribution < -0.4 is 5.32 Å². The van der Waals surface area contributed by atoms with Crippen molar-refractivity contribution < 1.29 is 4.79 Å². The molecule has 1 N–H and O–H groups in total. The molecule has 0 bridgehead atoms. The molecule has 0 saturated carbocycles. The number of benzene rings is 1. The molecule has 0 fully saturated rings. The molecule has 1 amide bonds. The van der Waals surface area contributed by atoms with Crippen LogP contribution in [0.3, 0.4) is 0 Å². The number of aryl methyl sites for hydroxylation is 5. The first-order chi connectivity index (χ1) is 13.7. The SMILES string of the molecule is Cc1ccc(Cn2nc(C)c(/C=C/C(=O)Nc3c(C)cc(C)nc3C)c2C)cc1. The zero-order valence-electron chi connectivity index (χ0n) is 18.0. The van der Waals surface area contributed by atoms with Gasteiger partial charge in [0.05, 0.1) is 23.6 Å². The van der Waals surface area contributed by atoms with E-state index in [2.05, 4.69) is 46.6 Å². The molecule has 0 saturated heterocycles. The smallest absolute Gasteiger partial charge is 0.248 e. The van der Waals surface area contributed by atoms with Gasteiger partial charge < -0.3 is 5.32 Å². The minimum Gasteiger partial charge on any atom is -0.321 e. The van der Waals surface area contributed by atoms with Gasteiger partial charge in [0.2, 0.25) is 5.91 Å². The number of carbonyl (C=O) groups is 1. The van der Waals surface area contributed by atoms with Gasteiger partial charge in [0, 0.05) is 23.0 Å². The number of nitrogens with one attached hydrogen (secondary N) is 1. The van der Waals surface area contributed by atoms with Gasteiger partial charge in [-0.15, -0.1) is 0 Å². The molecule has 0 aliphatic rings. The van der Waals surface area contributed by atoms with E-state index in [9.17, 15) is 4.79 Å². The number of carbonyl (C=O) groups excluding carboxylic acids is 1. The number of amides is 1. The van der Waals surface area contributed by atoms with Crippen LogP contribution in [-0.4, -0.2) is 20.7 Å². The van der Waals surface area contributed by atoms with Gasteiger partial charge in [-0.1, -0.05) is 29.8 Å². The molecular weight excluding hydrogens is 360 g/mol. The Labute approximate surface area is 172 Å². The van der Waals surface area contributed by atoms with Crippen molar-refractivity contribution in [1.29, 1.82) is 0 Å². The fourth-order valence-corrected chi connectivity index (χ4v) is 3.51. The maximum atomic E-state index is 12.5. The van der Waals surface area contributed by atoms with E-state index in [4.69, 9.17) is 0 Å². The van der Waals surface area contributed by atoms with E-state index in [1.54, 1.807) is 6.08 Å². The zero-order valence-corrected chi connectivity index (χ0v) is 18.0. The second kappa shape index (κ2) is 8.43. The van der Waals surface area contributed by atoms with E-state index in [1.807, 2.05) is 51.4 Å². The molecule has 3 rings (SSSR count). The molecule has 5 nitrogen and oxygen atoms in total. The lowest BCUT2D eigenvalue weighted by atomic mass is 10.1. The van der Waals surface area contributed by atoms with Crippen LogP contribution in [0.1, 0.15) is 45.0 Å². The van der Waals surface area contributed by atoms with Crippen molar-refractivity contribution in [2.24, 2.45) is 0 Å². The van der Waals surface area contributed by atoms with Crippen molar-refractivity contribution in [2.45, 2.75) is 48.1 Å². The number of nitrogens with zero attached hydrogens (tertiary/aromatic N) is 3. The summed E-state index contributed by atoms with van der Waals surface area (Å²) in [4.78, 5) is 16.9. The van der Waals surface area contributed by atoms with E-state index < -0.39 is 0 Å². The lowest BCUT2D eigenvalue weighted by Crippen LogP contribution is -2.11. The third-order valence-electron chi connectivity index (χ3n) is 5.07. The van der Waals surface area contributed by atoms with E-state index >= 15 is 0 Å². The Morgan fingerprint density at radius 3 is 2.38 bits per heavy atom. The second-order valence-corrected chi connectivity index (χ2v) is 7.59. The van der Waals surface area contributed by atoms with Crippen molar-refractivity contribution in [3.63, 3.8) is 0 Å². The number of pyridine rings is 1. The molecule has 5 heteroatoms. The minimum atomic E-state index is -0.174. The van der Waals surface area contributed by atoms with Gasteiger partial charge in [-0.3, -0.25) is 14.5 Å². The van der Waals surface area contributed by atoms with E-state index in [0.717, 1.165) is 39.6 Å². The molecule has 0 atom stereocenters. The van der Waals surface area contributed by atoms with Crippen LogP contribution in [0, 0.1) is 41.5 Å². The van der Waals surface area contributed by atoms with Crippen molar-refractivity contribution in [1.82, 2.24) is 14.8 Å². The van der Waals surface area contributed by atoms with Gasteiger partial charge in [0.25, 0.3) is 0 Å². The highest BCUT2D eigenvalue weighted by molar-refractivity contribution is 6.02. The zero-order chi connectivity index (χ0) is 21.1. The number of anilines is 1. The van der Waals surface area contributed by atoms with E-state index in [-0.39, 0.29) is 5.91 Å². The average Bonchev–Trinajstić information content (AvgIpc) is 2.91. The molecule has 3 aromatic rings. The minimum absolute atomic E-state index is 0.174. The highest BCUT2D eigenvalue weighted by Gasteiger charge is 2.11. The summed E-state index contributed by atoms with van der Waals surface area (Å²) in [5.41, 5.74) is 8.91. The highest BCUT2D eigenvalue weighted by atomic mass is 16.1. The Balaban J connectivity index is 1.76. The summed E-state index contributed by atoms with van der Waals surface area (Å²) in [6, 6.07) is 10.4. The predicted octanol–water partition coefficient (Wildman–Crippen LogP) is 4.83. The summed E-state index contributed by atoms with van der Waals surface area (Å²) in [5, 5.41) is 7.60. The van der Waals surface area contributed by atoms with Crippen LogP contribution in [0.15, 0.2) is 36.4 Å². The van der Waals surface area contributed by atoms with E-state index in [0.29, 0.717) is 6.54 Å². The fraction of sp³-hybridized carbons (Fsp3) is 0.292. The monoisotopic (exact) mass is 388 g/mol. The van der Waals surface area contributed by atoms with Gasteiger partial charge >= 0.3 is 0 Å². The largest absolute Gasteiger partial charge is 0.321 e. The number of aromatic nitrogens is 3. The van der Waals surface area contributed by atoms with Crippen LogP contribution in [-0.2, 0) is 11.3 Å². The first-order valence-corrected chi connectivity index (χ1v) is 9.78. The van der Waals surface area contributed by atoms with Crippen molar-refractivity contribution in [3.8, 4) is 0 Å². The normalized spacial score (nSPS) is 11.2. The molecule has 2 heterocycles. The Bertz CT molecular complexity index is 1050. The first kappa shape index (κ1) is 20.5. The number of hydrogen-bond acceptors (Lipinski definition) is 3. The first-order valence-electron chi connectivity index (χ1n) is 9.78. The van der Waals surface area contributed by atoms with Crippen LogP contribution in [0.5, 0.6) is 0 Å². The Kier molecular flexibility index (Phi) is 5.97. The molecule has 0 aliphatic carbocycles. The fourth-order valence-electron chi connectivity index (χ4n) is 3.51. The predicted molar refractivity (Wildman–Crippen MR) is 118 cm³/mol. The van der Waals surface area contributed by atoms with Crippen molar-refractivity contribution >= 4 is 17.7 Å². The summed E-state index contributed by atoms with van der Waals surface area (Å²) >= 11 is 0. The molecule has 0 unspecified atom stereocenters. The summed E-state index contributed by atoms with van der Waals surface area (Å²) < 4.78 is 1.98. The third-order valence-corrected chi connectivity index (χ3v) is 5.07. The Hall–Kier alpha value is -3.21. The molecule has 1 aromatic carbocycles. The van der Waals surface area contributed by atoms with Crippen molar-refractivity contribution in [2.75, 3.05) is 5.32 Å². The van der Waals surface area contributed by atoms with Gasteiger partial charge in [0.1, 0.15) is 0 Å². The molecular formula is C24H28N4O. The lowest BCUT2D eigenvalue weighted by molar-refractivity contribution is -0.111. The summed E-state index contributed by atoms with van der Waals surface area (Å²) in [7, 11) is 0. The average molecular weight is 389 g/mol. The lowest BCUT2D eigenvalue weighted by Gasteiger charge is -2.10. The van der Waals surface area contributed by atoms with Gasteiger partial charge in [0.15, 0.2) is 0 Å². The summed E-state index contributed by atoms with van der Waals surface area (Å²) in [5.74, 6) is -0.174. The van der Waals surface area contributed by atoms with Crippen LogP contribution in [0.2, 0.25) is 0 Å². The van der Waals surface area contributed by atoms with Crippen molar-refractivity contribution in [3.05, 3.63) is 81.4 Å². The summed E-state index contributed by atoms with van der Waals surface area (Å²) in [6.07, 6.45) is 3.40. The second-order valence-electron chi connectivity index (χ2n) is 7.59. The third kappa shape index (κ3) is 4.80. The Morgan fingerprint density at radius 2 is 1.72 bits per heavy atom. The van der Waals surface area contributed by atoms with Crippen LogP contribution in [0.25, 0.3) is 6.08 Å². The molecule has 0 spiro atoms. The van der Waals surface area contributed by atoms with Gasteiger partial charge in [-0.05, 0) is 64.8 Å². The molecule has 29 heavy (non-hydrogen) atoms. The maximum Gasteiger partial charge on any atom is 0.248 e. The number of rotatable bonds is 5. The molecule has 150 valence electrons. The molecule has 0 radical (unpaired) electrons. The topological polar surface area (TPSA) is 59.8 Å². The number of hydrogen-bond donors (Lipinski definition) is 1. The van der Waals surface area contributed by atoms with Gasteiger partial charge in [-0.25, -0.2) is 0 Å².